The van der Waals surface area contributed by atoms with Gasteiger partial charge in [-0.05, 0) is 31.9 Å². The number of amides is 1. The Morgan fingerprint density at radius 1 is 1.38 bits per heavy atom. The van der Waals surface area contributed by atoms with Gasteiger partial charge >= 0.3 is 0 Å². The summed E-state index contributed by atoms with van der Waals surface area (Å²) in [4.78, 5) is 22.9. The van der Waals surface area contributed by atoms with E-state index in [0.29, 0.717) is 17.7 Å². The summed E-state index contributed by atoms with van der Waals surface area (Å²) in [6, 6.07) is 5.51. The van der Waals surface area contributed by atoms with Gasteiger partial charge < -0.3 is 5.32 Å². The molecule has 3 nitrogen and oxygen atoms in total. The van der Waals surface area contributed by atoms with Crippen molar-refractivity contribution in [2.24, 2.45) is 0 Å². The first kappa shape index (κ1) is 10.6. The SMILES string of the molecule is C/C=C(\C)Cc1cccc2c1C(=O)C(=O)N2. The van der Waals surface area contributed by atoms with Gasteiger partial charge in [-0.3, -0.25) is 9.59 Å². The van der Waals surface area contributed by atoms with E-state index in [9.17, 15) is 9.59 Å². The number of allylic oxidation sites excluding steroid dienone is 2. The predicted molar refractivity (Wildman–Crippen MR) is 62.5 cm³/mol. The van der Waals surface area contributed by atoms with E-state index in [4.69, 9.17) is 0 Å². The third kappa shape index (κ3) is 1.65. The standard InChI is InChI=1S/C13H13NO2/c1-3-8(2)7-9-5-4-6-10-11(9)12(15)13(16)14-10/h3-6H,7H2,1-2H3,(H,14,15,16)/b8-3+. The van der Waals surface area contributed by atoms with Crippen LogP contribution in [0.1, 0.15) is 29.8 Å². The number of Topliss-reactive ketones (excluding diaryl/α,β-unsaturated/α-hetero) is 1. The van der Waals surface area contributed by atoms with E-state index in [-0.39, 0.29) is 0 Å². The molecule has 0 saturated carbocycles. The lowest BCUT2D eigenvalue weighted by Crippen LogP contribution is -2.13. The fourth-order valence-corrected chi connectivity index (χ4v) is 1.81. The topological polar surface area (TPSA) is 46.2 Å². The number of nitrogens with one attached hydrogen (secondary N) is 1. The molecule has 1 aliphatic rings. The first-order valence-corrected chi connectivity index (χ1v) is 5.23. The zero-order chi connectivity index (χ0) is 11.7. The molecule has 0 atom stereocenters. The van der Waals surface area contributed by atoms with E-state index in [0.717, 1.165) is 5.56 Å². The summed E-state index contributed by atoms with van der Waals surface area (Å²) in [6.45, 7) is 3.97. The fraction of sp³-hybridized carbons (Fsp3) is 0.231. The summed E-state index contributed by atoms with van der Waals surface area (Å²) >= 11 is 0. The van der Waals surface area contributed by atoms with Crippen molar-refractivity contribution < 1.29 is 9.59 Å². The Bertz CT molecular complexity index is 501. The van der Waals surface area contributed by atoms with Crippen molar-refractivity contribution in [3.63, 3.8) is 0 Å². The molecule has 1 aromatic carbocycles. The van der Waals surface area contributed by atoms with Crippen LogP contribution < -0.4 is 5.32 Å². The second kappa shape index (κ2) is 3.93. The third-order valence-electron chi connectivity index (χ3n) is 2.79. The Balaban J connectivity index is 2.46. The molecule has 0 aromatic heterocycles. The quantitative estimate of drug-likeness (QED) is 0.608. The second-order valence-electron chi connectivity index (χ2n) is 3.93. The van der Waals surface area contributed by atoms with Crippen LogP contribution in [0.15, 0.2) is 29.8 Å². The number of rotatable bonds is 2. The van der Waals surface area contributed by atoms with Gasteiger partial charge in [0.1, 0.15) is 0 Å². The van der Waals surface area contributed by atoms with Gasteiger partial charge in [-0.15, -0.1) is 0 Å². The molecular weight excluding hydrogens is 202 g/mol. The lowest BCUT2D eigenvalue weighted by atomic mass is 9.98. The minimum atomic E-state index is -0.527. The Morgan fingerprint density at radius 3 is 2.81 bits per heavy atom. The summed E-state index contributed by atoms with van der Waals surface area (Å²) in [7, 11) is 0. The number of hydrogen-bond acceptors (Lipinski definition) is 2. The molecule has 0 saturated heterocycles. The lowest BCUT2D eigenvalue weighted by Gasteiger charge is -2.05. The molecule has 1 N–H and O–H groups in total. The highest BCUT2D eigenvalue weighted by atomic mass is 16.2. The molecule has 0 bridgehead atoms. The van der Waals surface area contributed by atoms with Crippen molar-refractivity contribution in [1.82, 2.24) is 0 Å². The molecule has 0 unspecified atom stereocenters. The van der Waals surface area contributed by atoms with Gasteiger partial charge in [0.25, 0.3) is 11.7 Å². The van der Waals surface area contributed by atoms with E-state index in [1.165, 1.54) is 5.57 Å². The minimum Gasteiger partial charge on any atom is -0.318 e. The van der Waals surface area contributed by atoms with Crippen molar-refractivity contribution in [2.75, 3.05) is 5.32 Å². The maximum atomic E-state index is 11.7. The molecule has 0 fully saturated rings. The summed E-state index contributed by atoms with van der Waals surface area (Å²) in [5.74, 6) is -0.949. The fourth-order valence-electron chi connectivity index (χ4n) is 1.81. The van der Waals surface area contributed by atoms with Crippen molar-refractivity contribution in [3.05, 3.63) is 41.0 Å². The molecule has 0 aliphatic carbocycles. The van der Waals surface area contributed by atoms with Crippen molar-refractivity contribution >= 4 is 17.4 Å². The summed E-state index contributed by atoms with van der Waals surface area (Å²) in [6.07, 6.45) is 2.72. The number of benzene rings is 1. The third-order valence-corrected chi connectivity index (χ3v) is 2.79. The van der Waals surface area contributed by atoms with Gasteiger partial charge in [-0.2, -0.15) is 0 Å². The first-order valence-electron chi connectivity index (χ1n) is 5.23. The van der Waals surface area contributed by atoms with Crippen LogP contribution in [0, 0.1) is 0 Å². The summed E-state index contributed by atoms with van der Waals surface area (Å²) in [5, 5.41) is 2.57. The molecule has 2 rings (SSSR count). The van der Waals surface area contributed by atoms with Crippen LogP contribution in [-0.4, -0.2) is 11.7 Å². The Morgan fingerprint density at radius 2 is 2.12 bits per heavy atom. The highest BCUT2D eigenvalue weighted by Gasteiger charge is 2.29. The van der Waals surface area contributed by atoms with E-state index in [2.05, 4.69) is 5.32 Å². The Kier molecular flexibility index (Phi) is 2.60. The highest BCUT2D eigenvalue weighted by molar-refractivity contribution is 6.52. The number of anilines is 1. The predicted octanol–water partition coefficient (Wildman–Crippen LogP) is 2.33. The van der Waals surface area contributed by atoms with Gasteiger partial charge in [-0.25, -0.2) is 0 Å². The van der Waals surface area contributed by atoms with E-state index < -0.39 is 11.7 Å². The monoisotopic (exact) mass is 215 g/mol. The van der Waals surface area contributed by atoms with E-state index >= 15 is 0 Å². The van der Waals surface area contributed by atoms with Crippen molar-refractivity contribution in [3.8, 4) is 0 Å². The number of carbonyl (C=O) groups excluding carboxylic acids is 2. The average molecular weight is 215 g/mol. The van der Waals surface area contributed by atoms with Gasteiger partial charge in [0, 0.05) is 0 Å². The molecular formula is C13H13NO2. The first-order chi connectivity index (χ1) is 7.63. The summed E-state index contributed by atoms with van der Waals surface area (Å²) in [5.41, 5.74) is 3.27. The number of fused-ring (bicyclic) bond motifs is 1. The van der Waals surface area contributed by atoms with Gasteiger partial charge in [0.2, 0.25) is 0 Å². The average Bonchev–Trinajstić information content (AvgIpc) is 2.56. The number of carbonyl (C=O) groups is 2. The van der Waals surface area contributed by atoms with Gasteiger partial charge in [0.05, 0.1) is 11.3 Å². The Hall–Kier alpha value is -1.90. The number of hydrogen-bond donors (Lipinski definition) is 1. The van der Waals surface area contributed by atoms with Crippen LogP contribution in [0.2, 0.25) is 0 Å². The highest BCUT2D eigenvalue weighted by Crippen LogP contribution is 2.27. The molecule has 1 aromatic rings. The Labute approximate surface area is 94.2 Å². The largest absolute Gasteiger partial charge is 0.318 e. The van der Waals surface area contributed by atoms with Crippen LogP contribution >= 0.6 is 0 Å². The molecule has 0 spiro atoms. The normalized spacial score (nSPS) is 15.0. The van der Waals surface area contributed by atoms with Crippen LogP contribution in [-0.2, 0) is 11.2 Å². The zero-order valence-corrected chi connectivity index (χ0v) is 9.33. The van der Waals surface area contributed by atoms with Gasteiger partial charge in [-0.1, -0.05) is 23.8 Å². The van der Waals surface area contributed by atoms with Gasteiger partial charge in [0.15, 0.2) is 0 Å². The maximum Gasteiger partial charge on any atom is 0.296 e. The number of ketones is 1. The molecule has 16 heavy (non-hydrogen) atoms. The van der Waals surface area contributed by atoms with Crippen LogP contribution in [0.5, 0.6) is 0 Å². The molecule has 1 amide bonds. The smallest absolute Gasteiger partial charge is 0.296 e. The van der Waals surface area contributed by atoms with Crippen LogP contribution in [0.3, 0.4) is 0 Å². The van der Waals surface area contributed by atoms with E-state index in [1.54, 1.807) is 6.07 Å². The molecule has 0 radical (unpaired) electrons. The molecule has 82 valence electrons. The second-order valence-corrected chi connectivity index (χ2v) is 3.93. The minimum absolute atomic E-state index is 0.422. The van der Waals surface area contributed by atoms with Crippen LogP contribution in [0.4, 0.5) is 5.69 Å². The maximum absolute atomic E-state index is 11.7. The zero-order valence-electron chi connectivity index (χ0n) is 9.33. The molecule has 3 heteroatoms. The lowest BCUT2D eigenvalue weighted by molar-refractivity contribution is -0.112. The molecule has 1 aliphatic heterocycles. The van der Waals surface area contributed by atoms with Crippen molar-refractivity contribution in [2.45, 2.75) is 20.3 Å². The van der Waals surface area contributed by atoms with Crippen LogP contribution in [0.25, 0.3) is 0 Å². The summed E-state index contributed by atoms with van der Waals surface area (Å²) < 4.78 is 0. The molecule has 1 heterocycles. The van der Waals surface area contributed by atoms with E-state index in [1.807, 2.05) is 32.1 Å². The van der Waals surface area contributed by atoms with Crippen molar-refractivity contribution in [1.29, 1.82) is 0 Å².